The maximum atomic E-state index is 12.0. The summed E-state index contributed by atoms with van der Waals surface area (Å²) in [5, 5.41) is 0.685. The van der Waals surface area contributed by atoms with Gasteiger partial charge in [-0.3, -0.25) is 9.71 Å². The predicted molar refractivity (Wildman–Crippen MR) is 71.9 cm³/mol. The Hall–Kier alpha value is -1.47. The number of rotatable bonds is 4. The molecule has 0 saturated heterocycles. The van der Waals surface area contributed by atoms with E-state index in [1.54, 1.807) is 24.3 Å². The second kappa shape index (κ2) is 5.45. The van der Waals surface area contributed by atoms with Gasteiger partial charge in [0.25, 0.3) is 10.0 Å². The Kier molecular flexibility index (Phi) is 3.93. The molecule has 1 aromatic heterocycles. The zero-order valence-corrected chi connectivity index (χ0v) is 11.6. The summed E-state index contributed by atoms with van der Waals surface area (Å²) >= 11 is 3.30. The van der Waals surface area contributed by atoms with Gasteiger partial charge >= 0.3 is 0 Å². The van der Waals surface area contributed by atoms with Gasteiger partial charge in [-0.2, -0.15) is 0 Å². The molecule has 0 atom stereocenters. The lowest BCUT2D eigenvalue weighted by Gasteiger charge is -2.06. The zero-order chi connectivity index (χ0) is 13.0. The van der Waals surface area contributed by atoms with Gasteiger partial charge in [0.1, 0.15) is 0 Å². The van der Waals surface area contributed by atoms with Crippen LogP contribution in [0.3, 0.4) is 0 Å². The van der Waals surface area contributed by atoms with Crippen LogP contribution in [0.5, 0.6) is 0 Å². The maximum absolute atomic E-state index is 12.0. The van der Waals surface area contributed by atoms with Crippen LogP contribution in [0, 0.1) is 0 Å². The first-order chi connectivity index (χ1) is 8.62. The predicted octanol–water partition coefficient (Wildman–Crippen LogP) is 2.17. The van der Waals surface area contributed by atoms with Crippen molar-refractivity contribution in [2.45, 2.75) is 10.2 Å². The number of aromatic nitrogens is 2. The van der Waals surface area contributed by atoms with Crippen molar-refractivity contribution in [2.75, 3.05) is 4.72 Å². The molecule has 0 aliphatic carbocycles. The standard InChI is InChI=1S/C11H10BrN3O2S/c12-7-9-1-3-10(4-2-9)18(16,17)15-11-8-13-5-6-14-11/h1-6,8H,7H2,(H,14,15). The van der Waals surface area contributed by atoms with Gasteiger partial charge in [0, 0.05) is 17.7 Å². The molecule has 5 nitrogen and oxygen atoms in total. The second-order valence-electron chi connectivity index (χ2n) is 3.47. The van der Waals surface area contributed by atoms with Gasteiger partial charge in [-0.25, -0.2) is 13.4 Å². The van der Waals surface area contributed by atoms with Crippen molar-refractivity contribution in [3.8, 4) is 0 Å². The van der Waals surface area contributed by atoms with Crippen molar-refractivity contribution >= 4 is 31.8 Å². The van der Waals surface area contributed by atoms with Crippen LogP contribution in [0.25, 0.3) is 0 Å². The number of nitrogens with zero attached hydrogens (tertiary/aromatic N) is 2. The highest BCUT2D eigenvalue weighted by atomic mass is 79.9. The summed E-state index contributed by atoms with van der Waals surface area (Å²) in [6, 6.07) is 6.60. The normalized spacial score (nSPS) is 11.2. The van der Waals surface area contributed by atoms with Gasteiger partial charge in [-0.15, -0.1) is 0 Å². The van der Waals surface area contributed by atoms with Crippen LogP contribution in [0.1, 0.15) is 5.56 Å². The van der Waals surface area contributed by atoms with Crippen molar-refractivity contribution in [3.05, 3.63) is 48.4 Å². The third kappa shape index (κ3) is 3.05. The number of hydrogen-bond donors (Lipinski definition) is 1. The Balaban J connectivity index is 2.25. The average Bonchev–Trinajstić information content (AvgIpc) is 2.39. The maximum Gasteiger partial charge on any atom is 0.263 e. The van der Waals surface area contributed by atoms with Crippen LogP contribution in [-0.4, -0.2) is 18.4 Å². The summed E-state index contributed by atoms with van der Waals surface area (Å²) in [5.74, 6) is 0.196. The van der Waals surface area contributed by atoms with E-state index < -0.39 is 10.0 Å². The minimum Gasteiger partial charge on any atom is -0.262 e. The number of halogens is 1. The van der Waals surface area contributed by atoms with Crippen molar-refractivity contribution in [1.29, 1.82) is 0 Å². The highest BCUT2D eigenvalue weighted by Gasteiger charge is 2.14. The molecule has 1 N–H and O–H groups in total. The Labute approximate surface area is 113 Å². The first-order valence-electron chi connectivity index (χ1n) is 5.05. The molecule has 1 aromatic carbocycles. The lowest BCUT2D eigenvalue weighted by atomic mass is 10.2. The fourth-order valence-corrected chi connectivity index (χ4v) is 2.67. The molecule has 0 bridgehead atoms. The molecular formula is C11H10BrN3O2S. The minimum atomic E-state index is -3.61. The van der Waals surface area contributed by atoms with Gasteiger partial charge in [-0.05, 0) is 17.7 Å². The molecule has 94 valence electrons. The number of nitrogens with one attached hydrogen (secondary N) is 1. The monoisotopic (exact) mass is 327 g/mol. The lowest BCUT2D eigenvalue weighted by molar-refractivity contribution is 0.601. The fraction of sp³-hybridized carbons (Fsp3) is 0.0909. The van der Waals surface area contributed by atoms with Crippen molar-refractivity contribution in [3.63, 3.8) is 0 Å². The number of anilines is 1. The summed E-state index contributed by atoms with van der Waals surface area (Å²) in [4.78, 5) is 7.85. The summed E-state index contributed by atoms with van der Waals surface area (Å²) in [7, 11) is -3.61. The molecule has 0 aliphatic heterocycles. The van der Waals surface area contributed by atoms with E-state index in [9.17, 15) is 8.42 Å². The third-order valence-electron chi connectivity index (χ3n) is 2.19. The summed E-state index contributed by atoms with van der Waals surface area (Å²) in [5.41, 5.74) is 1.01. The average molecular weight is 328 g/mol. The Morgan fingerprint density at radius 3 is 2.44 bits per heavy atom. The van der Waals surface area contributed by atoms with Crippen LogP contribution in [-0.2, 0) is 15.4 Å². The topological polar surface area (TPSA) is 72.0 Å². The molecule has 0 fully saturated rings. The van der Waals surface area contributed by atoms with E-state index in [4.69, 9.17) is 0 Å². The molecule has 1 heterocycles. The second-order valence-corrected chi connectivity index (χ2v) is 5.72. The molecule has 0 aliphatic rings. The van der Waals surface area contributed by atoms with E-state index >= 15 is 0 Å². The molecule has 0 unspecified atom stereocenters. The van der Waals surface area contributed by atoms with E-state index in [1.165, 1.54) is 18.6 Å². The smallest absolute Gasteiger partial charge is 0.262 e. The number of sulfonamides is 1. The summed E-state index contributed by atoms with van der Waals surface area (Å²) < 4.78 is 26.4. The third-order valence-corrected chi connectivity index (χ3v) is 4.21. The van der Waals surface area contributed by atoms with Crippen LogP contribution in [0.4, 0.5) is 5.82 Å². The minimum absolute atomic E-state index is 0.192. The first-order valence-corrected chi connectivity index (χ1v) is 7.66. The Bertz CT molecular complexity index is 614. The van der Waals surface area contributed by atoms with Gasteiger partial charge in [0.05, 0.1) is 11.1 Å². The zero-order valence-electron chi connectivity index (χ0n) is 9.25. The summed E-state index contributed by atoms with van der Waals surface area (Å²) in [6.07, 6.45) is 4.25. The molecular weight excluding hydrogens is 318 g/mol. The molecule has 2 aromatic rings. The van der Waals surface area contributed by atoms with E-state index in [-0.39, 0.29) is 10.7 Å². The number of alkyl halides is 1. The lowest BCUT2D eigenvalue weighted by Crippen LogP contribution is -2.13. The first kappa shape index (κ1) is 13.0. The van der Waals surface area contributed by atoms with Gasteiger partial charge in [-0.1, -0.05) is 28.1 Å². The van der Waals surface area contributed by atoms with E-state index in [0.29, 0.717) is 5.33 Å². The molecule has 0 radical (unpaired) electrons. The molecule has 2 rings (SSSR count). The highest BCUT2D eigenvalue weighted by Crippen LogP contribution is 2.15. The van der Waals surface area contributed by atoms with Crippen LogP contribution in [0.2, 0.25) is 0 Å². The van der Waals surface area contributed by atoms with Gasteiger partial charge in [0.15, 0.2) is 5.82 Å². The van der Waals surface area contributed by atoms with Crippen LogP contribution >= 0.6 is 15.9 Å². The quantitative estimate of drug-likeness (QED) is 0.873. The van der Waals surface area contributed by atoms with Crippen LogP contribution < -0.4 is 4.72 Å². The highest BCUT2D eigenvalue weighted by molar-refractivity contribution is 9.08. The number of benzene rings is 1. The van der Waals surface area contributed by atoms with Gasteiger partial charge < -0.3 is 0 Å². The van der Waals surface area contributed by atoms with Crippen LogP contribution in [0.15, 0.2) is 47.8 Å². The Morgan fingerprint density at radius 1 is 1.17 bits per heavy atom. The Morgan fingerprint density at radius 2 is 1.89 bits per heavy atom. The molecule has 7 heteroatoms. The molecule has 0 spiro atoms. The SMILES string of the molecule is O=S(=O)(Nc1cnccn1)c1ccc(CBr)cc1. The number of hydrogen-bond acceptors (Lipinski definition) is 4. The van der Waals surface area contributed by atoms with E-state index in [0.717, 1.165) is 5.56 Å². The molecule has 18 heavy (non-hydrogen) atoms. The van der Waals surface area contributed by atoms with Gasteiger partial charge in [0.2, 0.25) is 0 Å². The fourth-order valence-electron chi connectivity index (χ4n) is 1.31. The van der Waals surface area contributed by atoms with Crippen molar-refractivity contribution in [1.82, 2.24) is 9.97 Å². The largest absolute Gasteiger partial charge is 0.263 e. The van der Waals surface area contributed by atoms with E-state index in [1.807, 2.05) is 0 Å². The molecule has 0 saturated carbocycles. The van der Waals surface area contributed by atoms with Crippen molar-refractivity contribution < 1.29 is 8.42 Å². The van der Waals surface area contributed by atoms with E-state index in [2.05, 4.69) is 30.6 Å². The summed E-state index contributed by atoms with van der Waals surface area (Å²) in [6.45, 7) is 0. The van der Waals surface area contributed by atoms with Crippen molar-refractivity contribution in [2.24, 2.45) is 0 Å². The molecule has 0 amide bonds.